The lowest BCUT2D eigenvalue weighted by Gasteiger charge is -2.27. The Labute approximate surface area is 129 Å². The number of nitrogens with one attached hydrogen (secondary N) is 2. The summed E-state index contributed by atoms with van der Waals surface area (Å²) in [6.45, 7) is 6.22. The molecule has 0 saturated heterocycles. The number of hydrogen-bond acceptors (Lipinski definition) is 2. The molecule has 1 aromatic carbocycles. The molecule has 4 heteroatoms. The van der Waals surface area contributed by atoms with E-state index in [4.69, 9.17) is 0 Å². The maximum absolute atomic E-state index is 4.29. The molecular weight excluding hydrogens is 260 g/mol. The molecule has 0 aliphatic carbocycles. The van der Waals surface area contributed by atoms with Gasteiger partial charge in [-0.1, -0.05) is 44.2 Å². The Balaban J connectivity index is 2.43. The Morgan fingerprint density at radius 2 is 1.81 bits per heavy atom. The van der Waals surface area contributed by atoms with Crippen molar-refractivity contribution in [3.63, 3.8) is 0 Å². The summed E-state index contributed by atoms with van der Waals surface area (Å²) in [6.07, 6.45) is 1.18. The summed E-state index contributed by atoms with van der Waals surface area (Å²) in [6, 6.07) is 10.9. The Morgan fingerprint density at radius 1 is 1.14 bits per heavy atom. The third-order valence-corrected chi connectivity index (χ3v) is 3.51. The molecule has 118 valence electrons. The number of likely N-dealkylation sites (N-methyl/N-ethyl adjacent to an activating group) is 1. The van der Waals surface area contributed by atoms with Crippen LogP contribution in [-0.2, 0) is 6.54 Å². The van der Waals surface area contributed by atoms with Gasteiger partial charge in [0.1, 0.15) is 0 Å². The minimum atomic E-state index is 0.514. The average molecular weight is 290 g/mol. The molecule has 0 aliphatic heterocycles. The van der Waals surface area contributed by atoms with E-state index >= 15 is 0 Å². The first-order valence-corrected chi connectivity index (χ1v) is 7.67. The molecule has 21 heavy (non-hydrogen) atoms. The zero-order valence-corrected chi connectivity index (χ0v) is 14.1. The maximum Gasteiger partial charge on any atom is 0.191 e. The lowest BCUT2D eigenvalue weighted by molar-refractivity contribution is 0.254. The minimum Gasteiger partial charge on any atom is -0.355 e. The van der Waals surface area contributed by atoms with Crippen LogP contribution in [0.15, 0.2) is 35.3 Å². The molecule has 0 heterocycles. The summed E-state index contributed by atoms with van der Waals surface area (Å²) in [5.74, 6) is 1.55. The van der Waals surface area contributed by atoms with E-state index in [1.54, 1.807) is 0 Å². The van der Waals surface area contributed by atoms with Crippen LogP contribution in [0.2, 0.25) is 0 Å². The van der Waals surface area contributed by atoms with Crippen LogP contribution in [0.5, 0.6) is 0 Å². The van der Waals surface area contributed by atoms with E-state index in [1.165, 1.54) is 12.0 Å². The van der Waals surface area contributed by atoms with E-state index in [2.05, 4.69) is 72.7 Å². The van der Waals surface area contributed by atoms with Gasteiger partial charge in [0.15, 0.2) is 5.96 Å². The van der Waals surface area contributed by atoms with E-state index in [-0.39, 0.29) is 0 Å². The van der Waals surface area contributed by atoms with E-state index in [1.807, 2.05) is 13.1 Å². The molecule has 0 spiro atoms. The third-order valence-electron chi connectivity index (χ3n) is 3.51. The highest BCUT2D eigenvalue weighted by Crippen LogP contribution is 2.08. The highest BCUT2D eigenvalue weighted by Gasteiger charge is 2.13. The van der Waals surface area contributed by atoms with Gasteiger partial charge in [0.25, 0.3) is 0 Å². The Morgan fingerprint density at radius 3 is 2.33 bits per heavy atom. The lowest BCUT2D eigenvalue weighted by atomic mass is 10.0. The Hall–Kier alpha value is -1.55. The zero-order chi connectivity index (χ0) is 15.7. The summed E-state index contributed by atoms with van der Waals surface area (Å²) in [4.78, 5) is 6.56. The van der Waals surface area contributed by atoms with E-state index in [0.717, 1.165) is 19.0 Å². The van der Waals surface area contributed by atoms with Crippen molar-refractivity contribution in [2.24, 2.45) is 10.9 Å². The van der Waals surface area contributed by atoms with E-state index < -0.39 is 0 Å². The van der Waals surface area contributed by atoms with Crippen molar-refractivity contribution < 1.29 is 0 Å². The summed E-state index contributed by atoms with van der Waals surface area (Å²) in [5, 5.41) is 6.78. The molecule has 0 bridgehead atoms. The van der Waals surface area contributed by atoms with Crippen LogP contribution >= 0.6 is 0 Å². The Bertz CT molecular complexity index is 412. The van der Waals surface area contributed by atoms with Crippen molar-refractivity contribution in [1.82, 2.24) is 15.5 Å². The van der Waals surface area contributed by atoms with Crippen LogP contribution < -0.4 is 10.6 Å². The Kier molecular flexibility index (Phi) is 7.83. The number of guanidine groups is 1. The van der Waals surface area contributed by atoms with Gasteiger partial charge in [-0.2, -0.15) is 0 Å². The molecule has 0 fully saturated rings. The second kappa shape index (κ2) is 9.40. The van der Waals surface area contributed by atoms with Crippen LogP contribution in [0, 0.1) is 5.92 Å². The van der Waals surface area contributed by atoms with Crippen LogP contribution in [0.25, 0.3) is 0 Å². The summed E-state index contributed by atoms with van der Waals surface area (Å²) >= 11 is 0. The molecule has 1 unspecified atom stereocenters. The molecule has 1 aromatic rings. The van der Waals surface area contributed by atoms with Gasteiger partial charge >= 0.3 is 0 Å². The van der Waals surface area contributed by atoms with Crippen LogP contribution in [0.4, 0.5) is 0 Å². The first kappa shape index (κ1) is 17.5. The molecule has 0 aliphatic rings. The molecular formula is C17H30N4. The number of benzene rings is 1. The molecule has 1 atom stereocenters. The maximum atomic E-state index is 4.29. The van der Waals surface area contributed by atoms with Crippen molar-refractivity contribution in [3.8, 4) is 0 Å². The van der Waals surface area contributed by atoms with Gasteiger partial charge in [-0.15, -0.1) is 0 Å². The molecule has 0 radical (unpaired) electrons. The molecule has 2 N–H and O–H groups in total. The highest BCUT2D eigenvalue weighted by atomic mass is 15.2. The standard InChI is InChI=1S/C17H30N4/c1-14(2)11-16(21(4)5)13-20-17(18-3)19-12-15-9-7-6-8-10-15/h6-10,14,16H,11-13H2,1-5H3,(H2,18,19,20). The highest BCUT2D eigenvalue weighted by molar-refractivity contribution is 5.79. The average Bonchev–Trinajstić information content (AvgIpc) is 2.46. The van der Waals surface area contributed by atoms with Gasteiger partial charge in [-0.3, -0.25) is 4.99 Å². The van der Waals surface area contributed by atoms with Crippen molar-refractivity contribution >= 4 is 5.96 Å². The number of hydrogen-bond donors (Lipinski definition) is 2. The molecule has 4 nitrogen and oxygen atoms in total. The van der Waals surface area contributed by atoms with Gasteiger partial charge < -0.3 is 15.5 Å². The summed E-state index contributed by atoms with van der Waals surface area (Å²) < 4.78 is 0. The van der Waals surface area contributed by atoms with E-state index in [9.17, 15) is 0 Å². The SMILES string of the molecule is CN=C(NCc1ccccc1)NCC(CC(C)C)N(C)C. The van der Waals surface area contributed by atoms with Crippen molar-refractivity contribution in [2.45, 2.75) is 32.9 Å². The van der Waals surface area contributed by atoms with Gasteiger partial charge in [0.05, 0.1) is 0 Å². The smallest absolute Gasteiger partial charge is 0.191 e. The normalized spacial score (nSPS) is 13.6. The molecule has 0 saturated carbocycles. The van der Waals surface area contributed by atoms with Gasteiger partial charge in [0, 0.05) is 26.2 Å². The molecule has 1 rings (SSSR count). The fourth-order valence-electron chi connectivity index (χ4n) is 2.24. The predicted molar refractivity (Wildman–Crippen MR) is 91.6 cm³/mol. The van der Waals surface area contributed by atoms with Crippen molar-refractivity contribution in [2.75, 3.05) is 27.7 Å². The lowest BCUT2D eigenvalue weighted by Crippen LogP contribution is -2.45. The van der Waals surface area contributed by atoms with Gasteiger partial charge in [-0.05, 0) is 32.0 Å². The number of nitrogens with zero attached hydrogens (tertiary/aromatic N) is 2. The second-order valence-electron chi connectivity index (χ2n) is 6.04. The van der Waals surface area contributed by atoms with Crippen LogP contribution in [0.1, 0.15) is 25.8 Å². The first-order valence-electron chi connectivity index (χ1n) is 7.67. The topological polar surface area (TPSA) is 39.7 Å². The number of rotatable bonds is 7. The monoisotopic (exact) mass is 290 g/mol. The quantitative estimate of drug-likeness (QED) is 0.598. The number of aliphatic imine (C=N–C) groups is 1. The molecule has 0 aromatic heterocycles. The van der Waals surface area contributed by atoms with Crippen LogP contribution in [-0.4, -0.2) is 44.6 Å². The predicted octanol–water partition coefficient (Wildman–Crippen LogP) is 2.33. The minimum absolute atomic E-state index is 0.514. The second-order valence-corrected chi connectivity index (χ2v) is 6.04. The zero-order valence-electron chi connectivity index (χ0n) is 14.1. The van der Waals surface area contributed by atoms with Crippen LogP contribution in [0.3, 0.4) is 0 Å². The van der Waals surface area contributed by atoms with Crippen molar-refractivity contribution in [1.29, 1.82) is 0 Å². The van der Waals surface area contributed by atoms with E-state index in [0.29, 0.717) is 12.0 Å². The summed E-state index contributed by atoms with van der Waals surface area (Å²) in [5.41, 5.74) is 1.26. The third kappa shape index (κ3) is 7.14. The molecule has 0 amide bonds. The van der Waals surface area contributed by atoms with Gasteiger partial charge in [0.2, 0.25) is 0 Å². The van der Waals surface area contributed by atoms with Crippen molar-refractivity contribution in [3.05, 3.63) is 35.9 Å². The van der Waals surface area contributed by atoms with Gasteiger partial charge in [-0.25, -0.2) is 0 Å². The summed E-state index contributed by atoms with van der Waals surface area (Å²) in [7, 11) is 6.08. The fourth-order valence-corrected chi connectivity index (χ4v) is 2.24. The fraction of sp³-hybridized carbons (Fsp3) is 0.588. The first-order chi connectivity index (χ1) is 10.0. The largest absolute Gasteiger partial charge is 0.355 e.